The lowest BCUT2D eigenvalue weighted by Crippen LogP contribution is -2.14. The van der Waals surface area contributed by atoms with Crippen molar-refractivity contribution in [2.75, 3.05) is 5.32 Å². The van der Waals surface area contributed by atoms with Crippen molar-refractivity contribution in [1.82, 2.24) is 24.8 Å². The number of amides is 1. The fourth-order valence-electron chi connectivity index (χ4n) is 4.18. The van der Waals surface area contributed by atoms with Crippen LogP contribution in [0.1, 0.15) is 5.56 Å². The molecular formula is C30H22N6O. The van der Waals surface area contributed by atoms with Gasteiger partial charge >= 0.3 is 0 Å². The van der Waals surface area contributed by atoms with E-state index in [1.54, 1.807) is 16.9 Å². The van der Waals surface area contributed by atoms with E-state index in [2.05, 4.69) is 32.6 Å². The molecule has 1 N–H and O–H groups in total. The van der Waals surface area contributed by atoms with Crippen molar-refractivity contribution in [2.45, 2.75) is 6.42 Å². The summed E-state index contributed by atoms with van der Waals surface area (Å²) in [5, 5.41) is 16.2. The first-order chi connectivity index (χ1) is 18.2. The maximum atomic E-state index is 12.6. The molecule has 3 aromatic heterocycles. The second kappa shape index (κ2) is 9.83. The lowest BCUT2D eigenvalue weighted by molar-refractivity contribution is -0.115. The quantitative estimate of drug-likeness (QED) is 0.329. The summed E-state index contributed by atoms with van der Waals surface area (Å²) >= 11 is 0. The molecule has 6 rings (SSSR count). The Hall–Kier alpha value is -5.17. The standard InChI is InChI=1S/C30H22N6O/c37-29(19-21-8-10-23(11-9-21)22-5-2-1-3-6-22)32-26-14-12-24(13-15-26)27-16-17-28-33-34-30(36(28)35-27)25-7-4-18-31-20-25/h1-18,20H,19H2,(H,32,37). The van der Waals surface area contributed by atoms with E-state index >= 15 is 0 Å². The van der Waals surface area contributed by atoms with E-state index in [0.29, 0.717) is 17.9 Å². The summed E-state index contributed by atoms with van der Waals surface area (Å²) in [4.78, 5) is 16.8. The minimum Gasteiger partial charge on any atom is -0.326 e. The fraction of sp³-hybridized carbons (Fsp3) is 0.0333. The normalized spacial score (nSPS) is 10.9. The van der Waals surface area contributed by atoms with Crippen LogP contribution in [0.4, 0.5) is 5.69 Å². The number of aromatic nitrogens is 5. The van der Waals surface area contributed by atoms with Crippen LogP contribution in [0.15, 0.2) is 116 Å². The summed E-state index contributed by atoms with van der Waals surface area (Å²) < 4.78 is 1.71. The van der Waals surface area contributed by atoms with Gasteiger partial charge in [-0.3, -0.25) is 9.78 Å². The third kappa shape index (κ3) is 4.83. The molecule has 37 heavy (non-hydrogen) atoms. The van der Waals surface area contributed by atoms with E-state index in [9.17, 15) is 4.79 Å². The topological polar surface area (TPSA) is 85.1 Å². The van der Waals surface area contributed by atoms with Crippen molar-refractivity contribution in [2.24, 2.45) is 0 Å². The SMILES string of the molecule is O=C(Cc1ccc(-c2ccccc2)cc1)Nc1ccc(-c2ccc3nnc(-c4cccnc4)n3n2)cc1. The third-order valence-corrected chi connectivity index (χ3v) is 6.07. The molecule has 0 radical (unpaired) electrons. The van der Waals surface area contributed by atoms with Gasteiger partial charge in [0.15, 0.2) is 11.5 Å². The van der Waals surface area contributed by atoms with Crippen molar-refractivity contribution >= 4 is 17.2 Å². The van der Waals surface area contributed by atoms with Gasteiger partial charge in [-0.2, -0.15) is 9.61 Å². The Balaban J connectivity index is 1.14. The molecule has 3 heterocycles. The molecule has 0 atom stereocenters. The summed E-state index contributed by atoms with van der Waals surface area (Å²) in [5.41, 5.74) is 7.17. The molecule has 0 aliphatic carbocycles. The van der Waals surface area contributed by atoms with Crippen LogP contribution in [0.3, 0.4) is 0 Å². The van der Waals surface area contributed by atoms with E-state index in [-0.39, 0.29) is 5.91 Å². The van der Waals surface area contributed by atoms with Gasteiger partial charge in [-0.25, -0.2) is 0 Å². The van der Waals surface area contributed by atoms with Gasteiger partial charge in [0, 0.05) is 29.2 Å². The first-order valence-corrected chi connectivity index (χ1v) is 11.9. The Morgan fingerprint density at radius 3 is 2.19 bits per heavy atom. The van der Waals surface area contributed by atoms with E-state index in [0.717, 1.165) is 39.2 Å². The summed E-state index contributed by atoms with van der Waals surface area (Å²) in [6.07, 6.45) is 3.76. The van der Waals surface area contributed by atoms with E-state index in [1.807, 2.05) is 91.0 Å². The van der Waals surface area contributed by atoms with Crippen LogP contribution in [0.25, 0.3) is 39.4 Å². The van der Waals surface area contributed by atoms with Gasteiger partial charge < -0.3 is 5.32 Å². The van der Waals surface area contributed by atoms with Crippen LogP contribution in [0.5, 0.6) is 0 Å². The van der Waals surface area contributed by atoms with E-state index in [1.165, 1.54) is 0 Å². The summed E-state index contributed by atoms with van der Waals surface area (Å²) in [7, 11) is 0. The molecule has 0 saturated carbocycles. The monoisotopic (exact) mass is 482 g/mol. The molecule has 178 valence electrons. The lowest BCUT2D eigenvalue weighted by Gasteiger charge is -2.08. The molecule has 0 unspecified atom stereocenters. The highest BCUT2D eigenvalue weighted by molar-refractivity contribution is 5.92. The molecule has 1 amide bonds. The first-order valence-electron chi connectivity index (χ1n) is 11.9. The molecule has 7 nitrogen and oxygen atoms in total. The average Bonchev–Trinajstić information content (AvgIpc) is 3.38. The number of benzene rings is 3. The third-order valence-electron chi connectivity index (χ3n) is 6.07. The van der Waals surface area contributed by atoms with Gasteiger partial charge in [0.2, 0.25) is 5.91 Å². The predicted molar refractivity (Wildman–Crippen MR) is 144 cm³/mol. The largest absolute Gasteiger partial charge is 0.326 e. The van der Waals surface area contributed by atoms with E-state index in [4.69, 9.17) is 5.10 Å². The molecule has 0 saturated heterocycles. The number of carbonyl (C=O) groups excluding carboxylic acids is 1. The average molecular weight is 483 g/mol. The molecule has 7 heteroatoms. The Labute approximate surface area is 213 Å². The highest BCUT2D eigenvalue weighted by Crippen LogP contribution is 2.23. The van der Waals surface area contributed by atoms with Crippen molar-refractivity contribution in [3.63, 3.8) is 0 Å². The number of fused-ring (bicyclic) bond motifs is 1. The van der Waals surface area contributed by atoms with Gasteiger partial charge in [-0.1, -0.05) is 66.7 Å². The number of pyridine rings is 1. The van der Waals surface area contributed by atoms with E-state index < -0.39 is 0 Å². The second-order valence-electron chi connectivity index (χ2n) is 8.62. The molecule has 3 aromatic carbocycles. The molecule has 0 bridgehead atoms. The number of hydrogen-bond donors (Lipinski definition) is 1. The maximum Gasteiger partial charge on any atom is 0.228 e. The highest BCUT2D eigenvalue weighted by Gasteiger charge is 2.11. The molecule has 0 fully saturated rings. The number of carbonyl (C=O) groups is 1. The van der Waals surface area contributed by atoms with Crippen LogP contribution in [0, 0.1) is 0 Å². The summed E-state index contributed by atoms with van der Waals surface area (Å²) in [5.74, 6) is 0.566. The lowest BCUT2D eigenvalue weighted by atomic mass is 10.0. The fourth-order valence-corrected chi connectivity index (χ4v) is 4.18. The number of hydrogen-bond acceptors (Lipinski definition) is 5. The summed E-state index contributed by atoms with van der Waals surface area (Å²) in [6, 6.07) is 33.5. The minimum absolute atomic E-state index is 0.0645. The number of rotatable bonds is 6. The highest BCUT2D eigenvalue weighted by atomic mass is 16.1. The van der Waals surface area contributed by atoms with Crippen molar-refractivity contribution in [3.05, 3.63) is 121 Å². The second-order valence-corrected chi connectivity index (χ2v) is 8.62. The molecule has 0 aliphatic rings. The Kier molecular flexibility index (Phi) is 5.93. The van der Waals surface area contributed by atoms with Crippen molar-refractivity contribution in [3.8, 4) is 33.8 Å². The smallest absolute Gasteiger partial charge is 0.228 e. The summed E-state index contributed by atoms with van der Waals surface area (Å²) in [6.45, 7) is 0. The number of nitrogens with zero attached hydrogens (tertiary/aromatic N) is 5. The van der Waals surface area contributed by atoms with Gasteiger partial charge in [0.05, 0.1) is 12.1 Å². The van der Waals surface area contributed by atoms with Crippen LogP contribution >= 0.6 is 0 Å². The zero-order chi connectivity index (χ0) is 25.0. The first kappa shape index (κ1) is 22.3. The van der Waals surface area contributed by atoms with Crippen molar-refractivity contribution < 1.29 is 4.79 Å². The zero-order valence-electron chi connectivity index (χ0n) is 19.8. The van der Waals surface area contributed by atoms with Crippen LogP contribution in [0.2, 0.25) is 0 Å². The Morgan fingerprint density at radius 1 is 0.703 bits per heavy atom. The molecule has 0 spiro atoms. The Morgan fingerprint density at radius 2 is 1.43 bits per heavy atom. The maximum absolute atomic E-state index is 12.6. The predicted octanol–water partition coefficient (Wildman–Crippen LogP) is 5.70. The number of anilines is 1. The molecule has 6 aromatic rings. The minimum atomic E-state index is -0.0645. The van der Waals surface area contributed by atoms with Gasteiger partial charge in [-0.15, -0.1) is 10.2 Å². The van der Waals surface area contributed by atoms with Crippen LogP contribution in [-0.4, -0.2) is 30.7 Å². The van der Waals surface area contributed by atoms with Gasteiger partial charge in [-0.05, 0) is 53.1 Å². The van der Waals surface area contributed by atoms with Gasteiger partial charge in [0.25, 0.3) is 0 Å². The van der Waals surface area contributed by atoms with Crippen LogP contribution < -0.4 is 5.32 Å². The number of nitrogens with one attached hydrogen (secondary N) is 1. The van der Waals surface area contributed by atoms with Crippen LogP contribution in [-0.2, 0) is 11.2 Å². The molecular weight excluding hydrogens is 460 g/mol. The van der Waals surface area contributed by atoms with Crippen molar-refractivity contribution in [1.29, 1.82) is 0 Å². The zero-order valence-corrected chi connectivity index (χ0v) is 19.8. The Bertz CT molecular complexity index is 1660. The van der Waals surface area contributed by atoms with Gasteiger partial charge in [0.1, 0.15) is 0 Å². The molecule has 0 aliphatic heterocycles.